The van der Waals surface area contributed by atoms with Crippen LogP contribution in [0.1, 0.15) is 54.9 Å². The lowest BCUT2D eigenvalue weighted by Crippen LogP contribution is -2.50. The van der Waals surface area contributed by atoms with Crippen LogP contribution in [-0.4, -0.2) is 40.9 Å². The number of carboxylic acid groups (broad SMARTS) is 1. The summed E-state index contributed by atoms with van der Waals surface area (Å²) in [6.07, 6.45) is 2.58. The number of carbonyl (C=O) groups excluding carboxylic acids is 2. The monoisotopic (exact) mass is 553 g/mol. The van der Waals surface area contributed by atoms with Gasteiger partial charge in [0.1, 0.15) is 12.4 Å². The van der Waals surface area contributed by atoms with E-state index >= 15 is 0 Å². The van der Waals surface area contributed by atoms with E-state index in [0.717, 1.165) is 11.1 Å². The van der Waals surface area contributed by atoms with Gasteiger partial charge in [0.2, 0.25) is 11.8 Å². The lowest BCUT2D eigenvalue weighted by atomic mass is 9.89. The molecule has 0 radical (unpaired) electrons. The van der Waals surface area contributed by atoms with Gasteiger partial charge in [0.25, 0.3) is 0 Å². The van der Waals surface area contributed by atoms with Crippen molar-refractivity contribution in [2.45, 2.75) is 51.2 Å². The zero-order valence-corrected chi connectivity index (χ0v) is 23.2. The van der Waals surface area contributed by atoms with Crippen LogP contribution in [0.3, 0.4) is 0 Å². The Kier molecular flexibility index (Phi) is 9.75. The van der Waals surface area contributed by atoms with Crippen molar-refractivity contribution in [3.8, 4) is 11.8 Å². The highest BCUT2D eigenvalue weighted by Crippen LogP contribution is 2.26. The topological polar surface area (TPSA) is 120 Å². The molecule has 3 aromatic carbocycles. The molecule has 41 heavy (non-hydrogen) atoms. The summed E-state index contributed by atoms with van der Waals surface area (Å²) in [7, 11) is 0. The first-order chi connectivity index (χ1) is 19.8. The van der Waals surface area contributed by atoms with E-state index in [4.69, 9.17) is 10.00 Å². The van der Waals surface area contributed by atoms with Gasteiger partial charge in [0.05, 0.1) is 11.6 Å². The number of amides is 2. The number of nitrogens with one attached hydrogen (secondary N) is 1. The summed E-state index contributed by atoms with van der Waals surface area (Å²) in [5.41, 5.74) is 1.50. The summed E-state index contributed by atoms with van der Waals surface area (Å²) in [5.74, 6) is -0.720. The van der Waals surface area contributed by atoms with Crippen molar-refractivity contribution in [3.05, 3.63) is 101 Å². The van der Waals surface area contributed by atoms with Crippen LogP contribution in [0.5, 0.6) is 5.75 Å². The molecule has 0 bridgehead atoms. The highest BCUT2D eigenvalue weighted by atomic mass is 16.5. The molecular weight excluding hydrogens is 518 g/mol. The average Bonchev–Trinajstić information content (AvgIpc) is 3.00. The normalized spacial score (nSPS) is 14.9. The Morgan fingerprint density at radius 1 is 0.976 bits per heavy atom. The number of carbonyl (C=O) groups is 3. The Morgan fingerprint density at radius 3 is 2.24 bits per heavy atom. The second kappa shape index (κ2) is 13.6. The van der Waals surface area contributed by atoms with Crippen LogP contribution in [0, 0.1) is 17.2 Å². The molecule has 8 nitrogen and oxygen atoms in total. The number of nitrogens with zero attached hydrogens (tertiary/aromatic N) is 2. The van der Waals surface area contributed by atoms with Crippen LogP contribution in [0.2, 0.25) is 0 Å². The lowest BCUT2D eigenvalue weighted by molar-refractivity contribution is -0.147. The standard InChI is InChI=1S/C33H35N3O5/c1-33(32(39)40,28-12-14-29(15-13-28)41-23-27-5-3-2-4-6-27)35-30(37)21-25-17-19-36(20-18-25)31(38)16-11-24-7-9-26(22-34)10-8-24/h2-10,12-15,25H,11,16-21,23H2,1H3,(H,35,37)(H,39,40)/t33-/m0/s1. The van der Waals surface area contributed by atoms with Gasteiger partial charge in [-0.2, -0.15) is 5.26 Å². The van der Waals surface area contributed by atoms with Gasteiger partial charge in [-0.1, -0.05) is 54.6 Å². The van der Waals surface area contributed by atoms with Crippen molar-refractivity contribution in [1.82, 2.24) is 10.2 Å². The summed E-state index contributed by atoms with van der Waals surface area (Å²) in [6.45, 7) is 3.03. The zero-order valence-electron chi connectivity index (χ0n) is 23.2. The van der Waals surface area contributed by atoms with Gasteiger partial charge in [-0.25, -0.2) is 4.79 Å². The molecule has 3 aromatic rings. The van der Waals surface area contributed by atoms with E-state index in [1.807, 2.05) is 47.4 Å². The van der Waals surface area contributed by atoms with Gasteiger partial charge in [0, 0.05) is 25.9 Å². The van der Waals surface area contributed by atoms with Gasteiger partial charge in [-0.05, 0) is 73.1 Å². The van der Waals surface area contributed by atoms with Crippen molar-refractivity contribution in [2.75, 3.05) is 13.1 Å². The third-order valence-electron chi connectivity index (χ3n) is 7.65. The molecule has 1 fully saturated rings. The third kappa shape index (κ3) is 7.95. The predicted octanol–water partition coefficient (Wildman–Crippen LogP) is 4.81. The molecule has 4 rings (SSSR count). The van der Waals surface area contributed by atoms with Crippen LogP contribution in [0.15, 0.2) is 78.9 Å². The highest BCUT2D eigenvalue weighted by molar-refractivity contribution is 5.88. The minimum absolute atomic E-state index is 0.0735. The highest BCUT2D eigenvalue weighted by Gasteiger charge is 2.37. The number of hydrogen-bond acceptors (Lipinski definition) is 5. The third-order valence-corrected chi connectivity index (χ3v) is 7.65. The minimum atomic E-state index is -1.59. The van der Waals surface area contributed by atoms with E-state index in [1.165, 1.54) is 6.92 Å². The predicted molar refractivity (Wildman–Crippen MR) is 154 cm³/mol. The van der Waals surface area contributed by atoms with Gasteiger partial charge in [0.15, 0.2) is 5.54 Å². The Balaban J connectivity index is 1.25. The van der Waals surface area contributed by atoms with Gasteiger partial charge < -0.3 is 20.1 Å². The number of rotatable bonds is 11. The number of hydrogen-bond donors (Lipinski definition) is 2. The van der Waals surface area contributed by atoms with E-state index in [1.54, 1.807) is 36.4 Å². The second-order valence-electron chi connectivity index (χ2n) is 10.6. The van der Waals surface area contributed by atoms with Crippen molar-refractivity contribution < 1.29 is 24.2 Å². The summed E-state index contributed by atoms with van der Waals surface area (Å²) in [5, 5.41) is 21.7. The Hall–Kier alpha value is -4.64. The number of carboxylic acids is 1. The number of aryl methyl sites for hydroxylation is 1. The van der Waals surface area contributed by atoms with E-state index in [2.05, 4.69) is 11.4 Å². The van der Waals surface area contributed by atoms with Gasteiger partial charge in [-0.15, -0.1) is 0 Å². The first kappa shape index (κ1) is 29.3. The maximum atomic E-state index is 13.0. The Labute approximate surface area is 240 Å². The van der Waals surface area contributed by atoms with Crippen LogP contribution in [-0.2, 0) is 33.0 Å². The molecule has 1 heterocycles. The average molecular weight is 554 g/mol. The maximum Gasteiger partial charge on any atom is 0.333 e. The number of aliphatic carboxylic acids is 1. The van der Waals surface area contributed by atoms with Gasteiger partial charge in [-0.3, -0.25) is 9.59 Å². The SMILES string of the molecule is C[C@@](NC(=O)CC1CCN(C(=O)CCc2ccc(C#N)cc2)CC1)(C(=O)O)c1ccc(OCc2ccccc2)cc1. The molecular formula is C33H35N3O5. The zero-order chi connectivity index (χ0) is 29.2. The summed E-state index contributed by atoms with van der Waals surface area (Å²) in [6, 6.07) is 25.8. The quantitative estimate of drug-likeness (QED) is 0.352. The smallest absolute Gasteiger partial charge is 0.333 e. The molecule has 0 spiro atoms. The Morgan fingerprint density at radius 2 is 1.63 bits per heavy atom. The molecule has 1 atom stereocenters. The molecule has 2 N–H and O–H groups in total. The van der Waals surface area contributed by atoms with Gasteiger partial charge >= 0.3 is 5.97 Å². The van der Waals surface area contributed by atoms with Crippen LogP contribution in [0.4, 0.5) is 0 Å². The van der Waals surface area contributed by atoms with Crippen molar-refractivity contribution in [2.24, 2.45) is 5.92 Å². The van der Waals surface area contributed by atoms with Crippen LogP contribution >= 0.6 is 0 Å². The molecule has 1 aliphatic rings. The first-order valence-electron chi connectivity index (χ1n) is 13.9. The van der Waals surface area contributed by atoms with Crippen molar-refractivity contribution >= 4 is 17.8 Å². The van der Waals surface area contributed by atoms with Crippen LogP contribution < -0.4 is 10.1 Å². The number of likely N-dealkylation sites (tertiary alicyclic amines) is 1. The number of nitriles is 1. The molecule has 8 heteroatoms. The Bertz CT molecular complexity index is 1380. The molecule has 1 aliphatic heterocycles. The fourth-order valence-corrected chi connectivity index (χ4v) is 5.01. The molecule has 2 amide bonds. The lowest BCUT2D eigenvalue weighted by Gasteiger charge is -2.33. The summed E-state index contributed by atoms with van der Waals surface area (Å²) >= 11 is 0. The largest absolute Gasteiger partial charge is 0.489 e. The summed E-state index contributed by atoms with van der Waals surface area (Å²) in [4.78, 5) is 39.7. The molecule has 0 aromatic heterocycles. The molecule has 0 saturated carbocycles. The van der Waals surface area contributed by atoms with E-state index in [0.29, 0.717) is 62.3 Å². The van der Waals surface area contributed by atoms with Crippen molar-refractivity contribution in [1.29, 1.82) is 5.26 Å². The van der Waals surface area contributed by atoms with E-state index in [9.17, 15) is 19.5 Å². The molecule has 0 aliphatic carbocycles. The number of benzene rings is 3. The van der Waals surface area contributed by atoms with Crippen LogP contribution in [0.25, 0.3) is 0 Å². The summed E-state index contributed by atoms with van der Waals surface area (Å²) < 4.78 is 5.80. The maximum absolute atomic E-state index is 13.0. The fraction of sp³-hybridized carbons (Fsp3) is 0.333. The second-order valence-corrected chi connectivity index (χ2v) is 10.6. The fourth-order valence-electron chi connectivity index (χ4n) is 5.01. The first-order valence-corrected chi connectivity index (χ1v) is 13.9. The van der Waals surface area contributed by atoms with E-state index < -0.39 is 11.5 Å². The van der Waals surface area contributed by atoms with Crippen molar-refractivity contribution in [3.63, 3.8) is 0 Å². The van der Waals surface area contributed by atoms with E-state index in [-0.39, 0.29) is 24.2 Å². The molecule has 0 unspecified atom stereocenters. The number of piperidine rings is 1. The minimum Gasteiger partial charge on any atom is -0.489 e. The molecule has 1 saturated heterocycles. The molecule has 212 valence electrons. The number of ether oxygens (including phenoxy) is 1.